The average Bonchev–Trinajstić information content (AvgIpc) is 2.78. The first-order valence-corrected chi connectivity index (χ1v) is 11.8. The number of hydrogen-bond donors (Lipinski definition) is 2. The standard InChI is InChI=1S/C23H24BrCl2N3O5/c1-4-33-20(30)12-34-19-8-5-14(9-16(19)24)11-27-29-23(32)21(13(2)3)28-22(31)15-6-7-17(25)18(26)10-15/h5-11,13,21H,4,12H2,1-3H3,(H,28,31)(H,29,32)/b27-11+. The van der Waals surface area contributed by atoms with Crippen molar-refractivity contribution in [2.24, 2.45) is 11.0 Å². The maximum atomic E-state index is 12.6. The van der Waals surface area contributed by atoms with Gasteiger partial charge in [-0.1, -0.05) is 37.0 Å². The molecule has 0 aliphatic heterocycles. The molecule has 0 saturated heterocycles. The average molecular weight is 573 g/mol. The molecule has 0 radical (unpaired) electrons. The number of rotatable bonds is 10. The Morgan fingerprint density at radius 2 is 1.85 bits per heavy atom. The van der Waals surface area contributed by atoms with Gasteiger partial charge in [0, 0.05) is 5.56 Å². The summed E-state index contributed by atoms with van der Waals surface area (Å²) in [4.78, 5) is 36.6. The summed E-state index contributed by atoms with van der Waals surface area (Å²) in [6, 6.07) is 8.71. The molecule has 2 aromatic rings. The molecule has 2 aromatic carbocycles. The fraction of sp³-hybridized carbons (Fsp3) is 0.304. The third kappa shape index (κ3) is 8.30. The van der Waals surface area contributed by atoms with Gasteiger partial charge < -0.3 is 14.8 Å². The summed E-state index contributed by atoms with van der Waals surface area (Å²) in [6.07, 6.45) is 1.44. The summed E-state index contributed by atoms with van der Waals surface area (Å²) >= 11 is 15.2. The molecule has 1 unspecified atom stereocenters. The molecule has 2 rings (SSSR count). The highest BCUT2D eigenvalue weighted by atomic mass is 79.9. The summed E-state index contributed by atoms with van der Waals surface area (Å²) in [5, 5.41) is 7.23. The van der Waals surface area contributed by atoms with Crippen molar-refractivity contribution in [1.82, 2.24) is 10.7 Å². The monoisotopic (exact) mass is 571 g/mol. The molecule has 0 heterocycles. The third-order valence-corrected chi connectivity index (χ3v) is 5.77. The van der Waals surface area contributed by atoms with Crippen LogP contribution in [0.4, 0.5) is 0 Å². The van der Waals surface area contributed by atoms with Gasteiger partial charge in [0.25, 0.3) is 11.8 Å². The molecule has 0 fully saturated rings. The number of amides is 2. The molecule has 182 valence electrons. The van der Waals surface area contributed by atoms with E-state index in [-0.39, 0.29) is 29.7 Å². The fourth-order valence-corrected chi connectivity index (χ4v) is 3.50. The van der Waals surface area contributed by atoms with Crippen molar-refractivity contribution in [3.63, 3.8) is 0 Å². The molecular weight excluding hydrogens is 549 g/mol. The minimum Gasteiger partial charge on any atom is -0.481 e. The number of benzene rings is 2. The quantitative estimate of drug-likeness (QED) is 0.246. The summed E-state index contributed by atoms with van der Waals surface area (Å²) < 4.78 is 10.8. The van der Waals surface area contributed by atoms with Crippen molar-refractivity contribution in [2.45, 2.75) is 26.8 Å². The zero-order valence-electron chi connectivity index (χ0n) is 18.7. The lowest BCUT2D eigenvalue weighted by molar-refractivity contribution is -0.145. The predicted octanol–water partition coefficient (Wildman–Crippen LogP) is 4.60. The highest BCUT2D eigenvalue weighted by Gasteiger charge is 2.24. The largest absolute Gasteiger partial charge is 0.481 e. The molecule has 0 saturated carbocycles. The van der Waals surface area contributed by atoms with Gasteiger partial charge in [-0.05, 0) is 70.7 Å². The number of hydrazone groups is 1. The number of hydrogen-bond acceptors (Lipinski definition) is 6. The molecule has 0 spiro atoms. The van der Waals surface area contributed by atoms with Gasteiger partial charge in [0.15, 0.2) is 6.61 Å². The third-order valence-electron chi connectivity index (χ3n) is 4.41. The Morgan fingerprint density at radius 1 is 1.12 bits per heavy atom. The molecule has 0 aliphatic carbocycles. The molecule has 34 heavy (non-hydrogen) atoms. The lowest BCUT2D eigenvalue weighted by Gasteiger charge is -2.20. The molecule has 8 nitrogen and oxygen atoms in total. The SMILES string of the molecule is CCOC(=O)COc1ccc(/C=N/NC(=O)C(NC(=O)c2ccc(Cl)c(Cl)c2)C(C)C)cc1Br. The van der Waals surface area contributed by atoms with Gasteiger partial charge in [0.1, 0.15) is 11.8 Å². The number of nitrogens with zero attached hydrogens (tertiary/aromatic N) is 1. The molecule has 0 aliphatic rings. The van der Waals surface area contributed by atoms with Gasteiger partial charge in [-0.2, -0.15) is 5.10 Å². The van der Waals surface area contributed by atoms with Crippen LogP contribution in [0.2, 0.25) is 10.0 Å². The molecular formula is C23H24BrCl2N3O5. The van der Waals surface area contributed by atoms with Crippen molar-refractivity contribution in [2.75, 3.05) is 13.2 Å². The van der Waals surface area contributed by atoms with Crippen LogP contribution in [0.5, 0.6) is 5.75 Å². The van der Waals surface area contributed by atoms with Crippen LogP contribution in [-0.4, -0.2) is 43.3 Å². The van der Waals surface area contributed by atoms with E-state index in [0.717, 1.165) is 0 Å². The second-order valence-corrected chi connectivity index (χ2v) is 9.01. The van der Waals surface area contributed by atoms with Gasteiger partial charge in [-0.3, -0.25) is 9.59 Å². The molecule has 2 N–H and O–H groups in total. The summed E-state index contributed by atoms with van der Waals surface area (Å²) in [6.45, 7) is 5.39. The van der Waals surface area contributed by atoms with E-state index in [1.165, 1.54) is 24.4 Å². The van der Waals surface area contributed by atoms with Gasteiger partial charge in [0.2, 0.25) is 0 Å². The number of esters is 1. The number of carbonyl (C=O) groups is 3. The van der Waals surface area contributed by atoms with Crippen LogP contribution in [0, 0.1) is 5.92 Å². The summed E-state index contributed by atoms with van der Waals surface area (Å²) in [5.74, 6) is -1.15. The second-order valence-electron chi connectivity index (χ2n) is 7.34. The first kappa shape index (κ1) is 27.6. The van der Waals surface area contributed by atoms with Crippen LogP contribution in [0.25, 0.3) is 0 Å². The zero-order valence-corrected chi connectivity index (χ0v) is 21.8. The topological polar surface area (TPSA) is 106 Å². The van der Waals surface area contributed by atoms with Crippen LogP contribution in [0.3, 0.4) is 0 Å². The second kappa shape index (κ2) is 13.3. The fourth-order valence-electron chi connectivity index (χ4n) is 2.69. The Labute approximate surface area is 216 Å². The lowest BCUT2D eigenvalue weighted by Crippen LogP contribution is -2.48. The van der Waals surface area contributed by atoms with E-state index in [1.807, 2.05) is 0 Å². The first-order valence-electron chi connectivity index (χ1n) is 10.3. The van der Waals surface area contributed by atoms with E-state index in [4.69, 9.17) is 32.7 Å². The van der Waals surface area contributed by atoms with E-state index in [0.29, 0.717) is 20.8 Å². The maximum absolute atomic E-state index is 12.6. The van der Waals surface area contributed by atoms with Gasteiger partial charge in [-0.15, -0.1) is 0 Å². The van der Waals surface area contributed by atoms with Crippen LogP contribution in [-0.2, 0) is 14.3 Å². The number of nitrogens with one attached hydrogen (secondary N) is 2. The highest BCUT2D eigenvalue weighted by Crippen LogP contribution is 2.25. The normalized spacial score (nSPS) is 11.9. The summed E-state index contributed by atoms with van der Waals surface area (Å²) in [7, 11) is 0. The Bertz CT molecular complexity index is 1080. The van der Waals surface area contributed by atoms with E-state index < -0.39 is 23.8 Å². The zero-order chi connectivity index (χ0) is 25.3. The molecule has 11 heteroatoms. The Balaban J connectivity index is 1.98. The minimum atomic E-state index is -0.829. The van der Waals surface area contributed by atoms with Crippen LogP contribution >= 0.6 is 39.1 Å². The van der Waals surface area contributed by atoms with E-state index in [1.54, 1.807) is 39.0 Å². The minimum absolute atomic E-state index is 0.202. The lowest BCUT2D eigenvalue weighted by atomic mass is 10.0. The van der Waals surface area contributed by atoms with Crippen molar-refractivity contribution in [1.29, 1.82) is 0 Å². The van der Waals surface area contributed by atoms with E-state index >= 15 is 0 Å². The van der Waals surface area contributed by atoms with Crippen molar-refractivity contribution in [3.8, 4) is 5.75 Å². The van der Waals surface area contributed by atoms with Gasteiger partial charge in [0.05, 0.1) is 27.3 Å². The Kier molecular flexibility index (Phi) is 10.8. The molecule has 2 amide bonds. The Morgan fingerprint density at radius 3 is 2.47 bits per heavy atom. The number of halogens is 3. The van der Waals surface area contributed by atoms with Gasteiger partial charge in [-0.25, -0.2) is 10.2 Å². The smallest absolute Gasteiger partial charge is 0.344 e. The Hall–Kier alpha value is -2.62. The van der Waals surface area contributed by atoms with Gasteiger partial charge >= 0.3 is 5.97 Å². The molecule has 1 atom stereocenters. The van der Waals surface area contributed by atoms with Crippen LogP contribution in [0.1, 0.15) is 36.7 Å². The predicted molar refractivity (Wildman–Crippen MR) is 135 cm³/mol. The van der Waals surface area contributed by atoms with Crippen LogP contribution < -0.4 is 15.5 Å². The van der Waals surface area contributed by atoms with E-state index in [2.05, 4.69) is 31.8 Å². The van der Waals surface area contributed by atoms with E-state index in [9.17, 15) is 14.4 Å². The number of ether oxygens (including phenoxy) is 2. The van der Waals surface area contributed by atoms with Crippen molar-refractivity contribution in [3.05, 3.63) is 62.0 Å². The first-order chi connectivity index (χ1) is 16.1. The highest BCUT2D eigenvalue weighted by molar-refractivity contribution is 9.10. The van der Waals surface area contributed by atoms with Crippen molar-refractivity contribution < 1.29 is 23.9 Å². The maximum Gasteiger partial charge on any atom is 0.344 e. The van der Waals surface area contributed by atoms with Crippen molar-refractivity contribution >= 4 is 63.1 Å². The number of carbonyl (C=O) groups excluding carboxylic acids is 3. The molecule has 0 bridgehead atoms. The van der Waals surface area contributed by atoms with Crippen LogP contribution in [0.15, 0.2) is 46.0 Å². The summed E-state index contributed by atoms with van der Waals surface area (Å²) in [5.41, 5.74) is 3.39. The molecule has 0 aromatic heterocycles.